The van der Waals surface area contributed by atoms with E-state index in [1.165, 1.54) is 0 Å². The van der Waals surface area contributed by atoms with Gasteiger partial charge in [0.1, 0.15) is 0 Å². The standard InChI is InChI=1S/C24H29N3O4S/c1-26(2)20-7-3-17(4-8-20)16-25-23(28)12-14-32(30,31)21-9-10-22-19(15-21)11-13-27(22)24(29)18-5-6-18/h3-4,7-10,15,18H,5-6,11-14,16H2,1-2H3,(H,25,28). The van der Waals surface area contributed by atoms with Crippen molar-refractivity contribution in [2.75, 3.05) is 36.2 Å². The Morgan fingerprint density at radius 3 is 2.47 bits per heavy atom. The highest BCUT2D eigenvalue weighted by Gasteiger charge is 2.36. The Hall–Kier alpha value is -2.87. The minimum Gasteiger partial charge on any atom is -0.378 e. The van der Waals surface area contributed by atoms with E-state index in [2.05, 4.69) is 5.32 Å². The van der Waals surface area contributed by atoms with Gasteiger partial charge < -0.3 is 15.1 Å². The monoisotopic (exact) mass is 455 g/mol. The largest absolute Gasteiger partial charge is 0.378 e. The van der Waals surface area contributed by atoms with Crippen molar-refractivity contribution >= 4 is 33.0 Å². The maximum Gasteiger partial charge on any atom is 0.230 e. The molecular weight excluding hydrogens is 426 g/mol. The van der Waals surface area contributed by atoms with Crippen LogP contribution < -0.4 is 15.1 Å². The number of nitrogens with zero attached hydrogens (tertiary/aromatic N) is 2. The fraction of sp³-hybridized carbons (Fsp3) is 0.417. The Balaban J connectivity index is 1.32. The van der Waals surface area contributed by atoms with E-state index in [9.17, 15) is 18.0 Å². The zero-order chi connectivity index (χ0) is 22.9. The molecule has 1 aliphatic heterocycles. The molecule has 1 fully saturated rings. The van der Waals surface area contributed by atoms with E-state index in [-0.39, 0.29) is 34.8 Å². The van der Waals surface area contributed by atoms with Crippen LogP contribution in [0.15, 0.2) is 47.4 Å². The molecule has 0 bridgehead atoms. The van der Waals surface area contributed by atoms with Crippen molar-refractivity contribution in [3.8, 4) is 0 Å². The lowest BCUT2D eigenvalue weighted by atomic mass is 10.2. The van der Waals surface area contributed by atoms with Crippen molar-refractivity contribution < 1.29 is 18.0 Å². The van der Waals surface area contributed by atoms with Gasteiger partial charge in [-0.25, -0.2) is 8.42 Å². The Kier molecular flexibility index (Phi) is 6.24. The number of sulfone groups is 1. The molecular formula is C24H29N3O4S. The van der Waals surface area contributed by atoms with Crippen LogP contribution in [0.2, 0.25) is 0 Å². The fourth-order valence-corrected chi connectivity index (χ4v) is 5.18. The van der Waals surface area contributed by atoms with Gasteiger partial charge in [0.2, 0.25) is 11.8 Å². The molecule has 170 valence electrons. The van der Waals surface area contributed by atoms with E-state index in [4.69, 9.17) is 0 Å². The van der Waals surface area contributed by atoms with Crippen molar-refractivity contribution in [1.29, 1.82) is 0 Å². The molecule has 32 heavy (non-hydrogen) atoms. The zero-order valence-electron chi connectivity index (χ0n) is 18.5. The minimum atomic E-state index is -3.59. The lowest BCUT2D eigenvalue weighted by Gasteiger charge is -2.17. The summed E-state index contributed by atoms with van der Waals surface area (Å²) in [4.78, 5) is 28.6. The Bertz CT molecular complexity index is 1120. The molecule has 0 radical (unpaired) electrons. The highest BCUT2D eigenvalue weighted by molar-refractivity contribution is 7.91. The van der Waals surface area contributed by atoms with E-state index >= 15 is 0 Å². The van der Waals surface area contributed by atoms with E-state index in [0.717, 1.165) is 35.3 Å². The molecule has 1 saturated carbocycles. The fourth-order valence-electron chi connectivity index (χ4n) is 3.90. The van der Waals surface area contributed by atoms with Gasteiger partial charge in [0.05, 0.1) is 10.6 Å². The molecule has 1 aliphatic carbocycles. The maximum absolute atomic E-state index is 12.8. The molecule has 1 N–H and O–H groups in total. The van der Waals surface area contributed by atoms with Crippen LogP contribution in [0.25, 0.3) is 0 Å². The highest BCUT2D eigenvalue weighted by Crippen LogP contribution is 2.37. The molecule has 0 aromatic heterocycles. The summed E-state index contributed by atoms with van der Waals surface area (Å²) in [6.45, 7) is 0.961. The Morgan fingerprint density at radius 1 is 1.09 bits per heavy atom. The number of carbonyl (C=O) groups is 2. The van der Waals surface area contributed by atoms with Crippen LogP contribution in [0.5, 0.6) is 0 Å². The van der Waals surface area contributed by atoms with Crippen molar-refractivity contribution in [1.82, 2.24) is 5.32 Å². The third kappa shape index (κ3) is 4.96. The molecule has 1 heterocycles. The summed E-state index contributed by atoms with van der Waals surface area (Å²) in [5, 5.41) is 2.79. The molecule has 2 aromatic rings. The van der Waals surface area contributed by atoms with Gasteiger partial charge in [-0.3, -0.25) is 9.59 Å². The lowest BCUT2D eigenvalue weighted by molar-refractivity contribution is -0.121. The number of nitrogens with one attached hydrogen (secondary N) is 1. The molecule has 8 heteroatoms. The van der Waals surface area contributed by atoms with Crippen LogP contribution in [0.4, 0.5) is 11.4 Å². The average Bonchev–Trinajstić information content (AvgIpc) is 3.55. The number of fused-ring (bicyclic) bond motifs is 1. The van der Waals surface area contributed by atoms with E-state index in [1.807, 2.05) is 43.3 Å². The summed E-state index contributed by atoms with van der Waals surface area (Å²) in [5.41, 5.74) is 3.72. The smallest absolute Gasteiger partial charge is 0.230 e. The van der Waals surface area contributed by atoms with Crippen molar-refractivity contribution in [2.24, 2.45) is 5.92 Å². The molecule has 7 nitrogen and oxygen atoms in total. The van der Waals surface area contributed by atoms with Crippen LogP contribution in [-0.2, 0) is 32.4 Å². The number of hydrogen-bond acceptors (Lipinski definition) is 5. The minimum absolute atomic E-state index is 0.0957. The van der Waals surface area contributed by atoms with Gasteiger partial charge in [-0.15, -0.1) is 0 Å². The van der Waals surface area contributed by atoms with E-state index < -0.39 is 9.84 Å². The summed E-state index contributed by atoms with van der Waals surface area (Å²) in [5.74, 6) is -0.268. The second-order valence-corrected chi connectivity index (χ2v) is 10.8. The van der Waals surface area contributed by atoms with Gasteiger partial charge >= 0.3 is 0 Å². The van der Waals surface area contributed by atoms with Crippen LogP contribution in [0, 0.1) is 5.92 Å². The second-order valence-electron chi connectivity index (χ2n) is 8.71. The number of hydrogen-bond donors (Lipinski definition) is 1. The third-order valence-corrected chi connectivity index (χ3v) is 7.75. The van der Waals surface area contributed by atoms with Gasteiger partial charge in [0.25, 0.3) is 0 Å². The van der Waals surface area contributed by atoms with Crippen molar-refractivity contribution in [3.63, 3.8) is 0 Å². The maximum atomic E-state index is 12.8. The van der Waals surface area contributed by atoms with Crippen LogP contribution >= 0.6 is 0 Å². The Morgan fingerprint density at radius 2 is 1.81 bits per heavy atom. The number of benzene rings is 2. The second kappa shape index (κ2) is 8.94. The predicted molar refractivity (Wildman–Crippen MR) is 125 cm³/mol. The molecule has 0 spiro atoms. The van der Waals surface area contributed by atoms with Crippen molar-refractivity contribution in [3.05, 3.63) is 53.6 Å². The SMILES string of the molecule is CN(C)c1ccc(CNC(=O)CCS(=O)(=O)c2ccc3c(c2)CCN3C(=O)C2CC2)cc1. The quantitative estimate of drug-likeness (QED) is 0.661. The Labute approximate surface area is 189 Å². The first-order valence-electron chi connectivity index (χ1n) is 10.9. The topological polar surface area (TPSA) is 86.8 Å². The molecule has 0 saturated heterocycles. The lowest BCUT2D eigenvalue weighted by Crippen LogP contribution is -2.30. The summed E-state index contributed by atoms with van der Waals surface area (Å²) < 4.78 is 25.6. The number of rotatable bonds is 8. The van der Waals surface area contributed by atoms with E-state index in [0.29, 0.717) is 19.5 Å². The number of anilines is 2. The first-order chi connectivity index (χ1) is 15.2. The number of carbonyl (C=O) groups excluding carboxylic acids is 2. The van der Waals surface area contributed by atoms with E-state index in [1.54, 1.807) is 23.1 Å². The molecule has 0 atom stereocenters. The van der Waals surface area contributed by atoms with Crippen molar-refractivity contribution in [2.45, 2.75) is 37.1 Å². The summed E-state index contributed by atoms with van der Waals surface area (Å²) >= 11 is 0. The zero-order valence-corrected chi connectivity index (χ0v) is 19.3. The normalized spacial score (nSPS) is 15.4. The van der Waals surface area contributed by atoms with Gasteiger partial charge in [0.15, 0.2) is 9.84 Å². The van der Waals surface area contributed by atoms with Gasteiger partial charge in [0, 0.05) is 50.9 Å². The van der Waals surface area contributed by atoms with Gasteiger partial charge in [-0.05, 0) is 60.7 Å². The molecule has 0 unspecified atom stereocenters. The number of amides is 2. The summed E-state index contributed by atoms with van der Waals surface area (Å²) in [7, 11) is 0.334. The van der Waals surface area contributed by atoms with Crippen LogP contribution in [0.1, 0.15) is 30.4 Å². The first kappa shape index (κ1) is 22.3. The summed E-state index contributed by atoms with van der Waals surface area (Å²) in [6.07, 6.45) is 2.45. The van der Waals surface area contributed by atoms with Gasteiger partial charge in [-0.2, -0.15) is 0 Å². The molecule has 4 rings (SSSR count). The van der Waals surface area contributed by atoms with Crippen LogP contribution in [-0.4, -0.2) is 46.6 Å². The van der Waals surface area contributed by atoms with Gasteiger partial charge in [-0.1, -0.05) is 12.1 Å². The first-order valence-corrected chi connectivity index (χ1v) is 12.6. The average molecular weight is 456 g/mol. The third-order valence-electron chi connectivity index (χ3n) is 6.04. The molecule has 2 aliphatic rings. The highest BCUT2D eigenvalue weighted by atomic mass is 32.2. The molecule has 2 amide bonds. The predicted octanol–water partition coefficient (Wildman–Crippen LogP) is 2.53. The van der Waals surface area contributed by atoms with Crippen LogP contribution in [0.3, 0.4) is 0 Å². The molecule has 2 aromatic carbocycles. The summed E-state index contributed by atoms with van der Waals surface area (Å²) in [6, 6.07) is 12.8.